The Bertz CT molecular complexity index is 1190. The highest BCUT2D eigenvalue weighted by Gasteiger charge is 2.28. The van der Waals surface area contributed by atoms with E-state index in [1.54, 1.807) is 6.07 Å². The zero-order chi connectivity index (χ0) is 23.7. The minimum absolute atomic E-state index is 0.0226. The lowest BCUT2D eigenvalue weighted by Crippen LogP contribution is -2.46. The van der Waals surface area contributed by atoms with Crippen molar-refractivity contribution in [1.29, 1.82) is 0 Å². The van der Waals surface area contributed by atoms with E-state index in [9.17, 15) is 9.18 Å². The van der Waals surface area contributed by atoms with E-state index < -0.39 is 5.91 Å². The van der Waals surface area contributed by atoms with E-state index in [2.05, 4.69) is 20.2 Å². The minimum Gasteiger partial charge on any atom is -0.488 e. The number of aryl methyl sites for hydroxylation is 1. The van der Waals surface area contributed by atoms with Gasteiger partial charge in [0, 0.05) is 25.2 Å². The van der Waals surface area contributed by atoms with Crippen molar-refractivity contribution in [3.63, 3.8) is 0 Å². The van der Waals surface area contributed by atoms with E-state index in [1.807, 2.05) is 6.92 Å². The maximum atomic E-state index is 14.2. The number of hydrogen-bond acceptors (Lipinski definition) is 8. The molecule has 3 heterocycles. The fourth-order valence-electron chi connectivity index (χ4n) is 4.88. The number of halogens is 1. The molecule has 2 aromatic heterocycles. The number of thiophene rings is 1. The number of aromatic nitrogens is 2. The molecule has 2 fully saturated rings. The monoisotopic (exact) mass is 485 g/mol. The van der Waals surface area contributed by atoms with Gasteiger partial charge in [0.05, 0.1) is 35.3 Å². The van der Waals surface area contributed by atoms with E-state index in [4.69, 9.17) is 15.2 Å². The van der Waals surface area contributed by atoms with Crippen molar-refractivity contribution in [2.45, 2.75) is 44.8 Å². The fourth-order valence-corrected chi connectivity index (χ4v) is 5.88. The summed E-state index contributed by atoms with van der Waals surface area (Å²) in [5, 5.41) is 4.00. The average Bonchev–Trinajstić information content (AvgIpc) is 3.19. The fraction of sp³-hybridized carbons (Fsp3) is 0.458. The highest BCUT2D eigenvalue weighted by atomic mass is 32.1. The number of nitrogens with one attached hydrogen (secondary N) is 1. The zero-order valence-electron chi connectivity index (χ0n) is 19.1. The second kappa shape index (κ2) is 9.81. The molecule has 1 aromatic carbocycles. The molecule has 1 aliphatic heterocycles. The highest BCUT2D eigenvalue weighted by Crippen LogP contribution is 2.37. The van der Waals surface area contributed by atoms with Crippen LogP contribution in [0.1, 0.15) is 40.9 Å². The van der Waals surface area contributed by atoms with Crippen molar-refractivity contribution in [2.75, 3.05) is 31.6 Å². The predicted molar refractivity (Wildman–Crippen MR) is 129 cm³/mol. The molecule has 0 atom stereocenters. The molecule has 0 unspecified atom stereocenters. The van der Waals surface area contributed by atoms with Gasteiger partial charge in [-0.1, -0.05) is 0 Å². The number of benzene rings is 1. The Balaban J connectivity index is 1.34. The van der Waals surface area contributed by atoms with Gasteiger partial charge in [-0.15, -0.1) is 11.3 Å². The van der Waals surface area contributed by atoms with E-state index in [-0.39, 0.29) is 11.9 Å². The summed E-state index contributed by atoms with van der Waals surface area (Å²) in [6.45, 7) is 5.40. The summed E-state index contributed by atoms with van der Waals surface area (Å²) in [5.74, 6) is 0.117. The van der Waals surface area contributed by atoms with E-state index >= 15 is 0 Å². The van der Waals surface area contributed by atoms with E-state index in [0.29, 0.717) is 33.0 Å². The van der Waals surface area contributed by atoms with Gasteiger partial charge < -0.3 is 20.5 Å². The molecule has 2 aliphatic rings. The lowest BCUT2D eigenvalue weighted by atomic mass is 9.91. The van der Waals surface area contributed by atoms with Gasteiger partial charge in [-0.3, -0.25) is 9.69 Å². The van der Waals surface area contributed by atoms with Crippen LogP contribution in [0.25, 0.3) is 10.2 Å². The normalized spacial score (nSPS) is 21.5. The van der Waals surface area contributed by atoms with Crippen LogP contribution in [0.4, 0.5) is 15.9 Å². The Labute approximate surface area is 201 Å². The van der Waals surface area contributed by atoms with Crippen LogP contribution in [0.2, 0.25) is 0 Å². The smallest absolute Gasteiger partial charge is 0.259 e. The van der Waals surface area contributed by atoms with Gasteiger partial charge in [-0.05, 0) is 50.3 Å². The van der Waals surface area contributed by atoms with Crippen LogP contribution < -0.4 is 15.8 Å². The van der Waals surface area contributed by atoms with Gasteiger partial charge in [0.2, 0.25) is 0 Å². The summed E-state index contributed by atoms with van der Waals surface area (Å²) in [6, 6.07) is 5.00. The van der Waals surface area contributed by atoms with Crippen LogP contribution in [0, 0.1) is 12.7 Å². The Morgan fingerprint density at radius 2 is 2.00 bits per heavy atom. The van der Waals surface area contributed by atoms with Crippen LogP contribution in [0.5, 0.6) is 5.75 Å². The average molecular weight is 486 g/mol. The van der Waals surface area contributed by atoms with Gasteiger partial charge in [-0.25, -0.2) is 14.4 Å². The molecule has 1 aliphatic carbocycles. The molecule has 8 nitrogen and oxygen atoms in total. The first-order chi connectivity index (χ1) is 16.5. The molecule has 0 radical (unpaired) electrons. The SMILES string of the molecule is Cc1c(C(N)=O)sc2ncnc(Nc3ccc(F)cc3O[C@H]3CC[C@H](N4CCOCC4)CC3)c12. The second-order valence-corrected chi connectivity index (χ2v) is 9.78. The molecule has 3 aromatic rings. The van der Waals surface area contributed by atoms with Crippen LogP contribution in [-0.4, -0.2) is 59.2 Å². The number of anilines is 2. The van der Waals surface area contributed by atoms with Crippen molar-refractivity contribution in [2.24, 2.45) is 5.73 Å². The third-order valence-electron chi connectivity index (χ3n) is 6.65. The molecule has 180 valence electrons. The van der Waals surface area contributed by atoms with Gasteiger partial charge in [0.1, 0.15) is 28.5 Å². The molecule has 5 rings (SSSR count). The summed E-state index contributed by atoms with van der Waals surface area (Å²) in [6.07, 6.45) is 5.40. The largest absolute Gasteiger partial charge is 0.488 e. The number of nitrogens with two attached hydrogens (primary N) is 1. The number of fused-ring (bicyclic) bond motifs is 1. The van der Waals surface area contributed by atoms with Gasteiger partial charge in [0.15, 0.2) is 0 Å². The molecule has 1 saturated carbocycles. The zero-order valence-corrected chi connectivity index (χ0v) is 19.9. The molecular formula is C24H28FN5O3S. The first kappa shape index (κ1) is 22.9. The molecule has 1 amide bonds. The summed E-state index contributed by atoms with van der Waals surface area (Å²) in [5.41, 5.74) is 6.85. The number of nitrogens with zero attached hydrogens (tertiary/aromatic N) is 3. The lowest BCUT2D eigenvalue weighted by Gasteiger charge is -2.38. The third-order valence-corrected chi connectivity index (χ3v) is 7.86. The van der Waals surface area contributed by atoms with Crippen LogP contribution >= 0.6 is 11.3 Å². The number of carbonyl (C=O) groups excluding carboxylic acids is 1. The van der Waals surface area contributed by atoms with E-state index in [1.165, 1.54) is 29.8 Å². The van der Waals surface area contributed by atoms with Gasteiger partial charge >= 0.3 is 0 Å². The topological polar surface area (TPSA) is 103 Å². The predicted octanol–water partition coefficient (Wildman–Crippen LogP) is 4.00. The Morgan fingerprint density at radius 1 is 1.24 bits per heavy atom. The Kier molecular flexibility index (Phi) is 6.62. The molecule has 10 heteroatoms. The molecule has 0 spiro atoms. The third kappa shape index (κ3) is 4.70. The van der Waals surface area contributed by atoms with Crippen molar-refractivity contribution in [3.05, 3.63) is 40.8 Å². The number of primary amides is 1. The van der Waals surface area contributed by atoms with Crippen LogP contribution in [-0.2, 0) is 4.74 Å². The molecule has 1 saturated heterocycles. The standard InChI is InChI=1S/C24H28FN5O3S/c1-14-20-23(27-13-28-24(20)34-21(14)22(26)31)29-18-7-2-15(25)12-19(18)33-17-5-3-16(4-6-17)30-8-10-32-11-9-30/h2,7,12-13,16-17H,3-6,8-11H2,1H3,(H2,26,31)(H,27,28,29)/t16-,17-. The number of morpholine rings is 1. The maximum absolute atomic E-state index is 14.2. The first-order valence-corrected chi connectivity index (χ1v) is 12.4. The Hall–Kier alpha value is -2.82. The van der Waals surface area contributed by atoms with Crippen LogP contribution in [0.15, 0.2) is 24.5 Å². The van der Waals surface area contributed by atoms with Crippen molar-refractivity contribution in [1.82, 2.24) is 14.9 Å². The Morgan fingerprint density at radius 3 is 2.74 bits per heavy atom. The van der Waals surface area contributed by atoms with Gasteiger partial charge in [-0.2, -0.15) is 0 Å². The minimum atomic E-state index is -0.495. The van der Waals surface area contributed by atoms with Gasteiger partial charge in [0.25, 0.3) is 5.91 Å². The molecule has 3 N–H and O–H groups in total. The lowest BCUT2D eigenvalue weighted by molar-refractivity contribution is -0.000994. The number of ether oxygens (including phenoxy) is 2. The summed E-state index contributed by atoms with van der Waals surface area (Å²) < 4.78 is 25.9. The highest BCUT2D eigenvalue weighted by molar-refractivity contribution is 7.20. The number of rotatable bonds is 6. The summed E-state index contributed by atoms with van der Waals surface area (Å²) in [4.78, 5) is 24.1. The molecule has 34 heavy (non-hydrogen) atoms. The maximum Gasteiger partial charge on any atom is 0.259 e. The quantitative estimate of drug-likeness (QED) is 0.544. The number of amides is 1. The van der Waals surface area contributed by atoms with Crippen molar-refractivity contribution in [3.8, 4) is 5.75 Å². The second-order valence-electron chi connectivity index (χ2n) is 8.79. The van der Waals surface area contributed by atoms with Crippen molar-refractivity contribution >= 4 is 39.0 Å². The van der Waals surface area contributed by atoms with Crippen molar-refractivity contribution < 1.29 is 18.7 Å². The summed E-state index contributed by atoms with van der Waals surface area (Å²) in [7, 11) is 0. The summed E-state index contributed by atoms with van der Waals surface area (Å²) >= 11 is 1.23. The number of carbonyl (C=O) groups is 1. The number of hydrogen-bond donors (Lipinski definition) is 2. The molecule has 0 bridgehead atoms. The van der Waals surface area contributed by atoms with E-state index in [0.717, 1.165) is 62.9 Å². The van der Waals surface area contributed by atoms with Crippen LogP contribution in [0.3, 0.4) is 0 Å². The molecular weight excluding hydrogens is 457 g/mol. The first-order valence-electron chi connectivity index (χ1n) is 11.6.